The zero-order chi connectivity index (χ0) is 27.3. The summed E-state index contributed by atoms with van der Waals surface area (Å²) >= 11 is 0. The summed E-state index contributed by atoms with van der Waals surface area (Å²) in [6.07, 6.45) is 0.986. The van der Waals surface area contributed by atoms with Crippen LogP contribution < -0.4 is 15.4 Å². The van der Waals surface area contributed by atoms with Gasteiger partial charge < -0.3 is 29.2 Å². The third-order valence-corrected chi connectivity index (χ3v) is 7.81. The number of rotatable bonds is 5. The topological polar surface area (TPSA) is 131 Å². The molecule has 1 aromatic heterocycles. The Morgan fingerprint density at radius 1 is 1.08 bits per heavy atom. The van der Waals surface area contributed by atoms with Gasteiger partial charge in [-0.15, -0.1) is 0 Å². The zero-order valence-electron chi connectivity index (χ0n) is 21.9. The number of carbonyl (C=O) groups is 3. The lowest BCUT2D eigenvalue weighted by atomic mass is 9.95. The van der Waals surface area contributed by atoms with E-state index in [2.05, 4.69) is 27.5 Å². The van der Waals surface area contributed by atoms with Gasteiger partial charge in [-0.2, -0.15) is 0 Å². The van der Waals surface area contributed by atoms with Gasteiger partial charge in [0.25, 0.3) is 11.8 Å². The molecule has 4 amide bonds. The lowest BCUT2D eigenvalue weighted by Gasteiger charge is -2.29. The van der Waals surface area contributed by atoms with Gasteiger partial charge in [-0.05, 0) is 62.0 Å². The van der Waals surface area contributed by atoms with Crippen molar-refractivity contribution in [2.24, 2.45) is 0 Å². The lowest BCUT2D eigenvalue weighted by molar-refractivity contribution is -0.125. The Hall–Kier alpha value is -4.38. The third-order valence-electron chi connectivity index (χ3n) is 7.81. The number of amides is 4. The van der Waals surface area contributed by atoms with E-state index in [0.29, 0.717) is 28.1 Å². The van der Waals surface area contributed by atoms with Crippen LogP contribution in [0.3, 0.4) is 0 Å². The summed E-state index contributed by atoms with van der Waals surface area (Å²) in [5, 5.41) is 14.5. The number of fused-ring (bicyclic) bond motifs is 2. The van der Waals surface area contributed by atoms with Crippen LogP contribution in [-0.2, 0) is 16.9 Å². The zero-order valence-corrected chi connectivity index (χ0v) is 21.9. The molecule has 0 radical (unpaired) electrons. The number of benzene rings is 2. The number of nitrogens with zero attached hydrogens (tertiary/aromatic N) is 3. The Kier molecular flexibility index (Phi) is 6.02. The molecule has 2 saturated heterocycles. The molecule has 3 aliphatic heterocycles. The standard InChI is InChI=1S/C28H30N6O5/c1-32-8-3-9-33(11-10-32)24(29)17-5-7-22-19(12-17)13-23(39-22)28(26(36)30-27(37)31-28)16-34-15-18-4-6-20(38-2)14-21(18)25(34)35/h4-7,12-14,29H,3,8-11,15-16H2,1-2H3,(H2,30,31,36,37)/t28-/m0/s1. The van der Waals surface area contributed by atoms with Crippen molar-refractivity contribution in [2.45, 2.75) is 18.5 Å². The van der Waals surface area contributed by atoms with E-state index in [1.807, 2.05) is 18.2 Å². The molecule has 4 heterocycles. The van der Waals surface area contributed by atoms with Crippen molar-refractivity contribution in [3.8, 4) is 5.75 Å². The lowest BCUT2D eigenvalue weighted by Crippen LogP contribution is -2.52. The minimum atomic E-state index is -1.60. The fourth-order valence-corrected chi connectivity index (χ4v) is 5.59. The number of likely N-dealkylation sites (N-methyl/N-ethyl adjacent to an activating group) is 1. The summed E-state index contributed by atoms with van der Waals surface area (Å²) in [7, 11) is 3.62. The molecule has 3 aliphatic rings. The van der Waals surface area contributed by atoms with Crippen LogP contribution in [0.4, 0.5) is 4.79 Å². The number of imide groups is 1. The second-order valence-corrected chi connectivity index (χ2v) is 10.4. The van der Waals surface area contributed by atoms with Gasteiger partial charge in [-0.3, -0.25) is 20.3 Å². The van der Waals surface area contributed by atoms with Crippen LogP contribution in [0.1, 0.15) is 33.7 Å². The summed E-state index contributed by atoms with van der Waals surface area (Å²) in [4.78, 5) is 44.7. The van der Waals surface area contributed by atoms with Gasteiger partial charge in [0.05, 0.1) is 13.7 Å². The number of ether oxygens (including phenoxy) is 1. The van der Waals surface area contributed by atoms with Gasteiger partial charge >= 0.3 is 6.03 Å². The minimum absolute atomic E-state index is 0.107. The molecular formula is C28H30N6O5. The van der Waals surface area contributed by atoms with Crippen LogP contribution >= 0.6 is 0 Å². The van der Waals surface area contributed by atoms with Crippen LogP contribution in [-0.4, -0.2) is 85.3 Å². The Labute approximate surface area is 225 Å². The van der Waals surface area contributed by atoms with Crippen LogP contribution in [0.15, 0.2) is 46.9 Å². The third kappa shape index (κ3) is 4.28. The number of hydrogen-bond acceptors (Lipinski definition) is 7. The molecule has 0 aliphatic carbocycles. The summed E-state index contributed by atoms with van der Waals surface area (Å²) in [5.41, 5.74) is 0.981. The number of carbonyl (C=O) groups excluding carboxylic acids is 3. The quantitative estimate of drug-likeness (QED) is 0.262. The predicted molar refractivity (Wildman–Crippen MR) is 143 cm³/mol. The van der Waals surface area contributed by atoms with Gasteiger partial charge in [-0.25, -0.2) is 4.79 Å². The Morgan fingerprint density at radius 3 is 2.69 bits per heavy atom. The van der Waals surface area contributed by atoms with Gasteiger partial charge in [0.2, 0.25) is 0 Å². The molecular weight excluding hydrogens is 500 g/mol. The Bertz CT molecular complexity index is 1520. The molecule has 3 aromatic rings. The molecule has 2 aromatic carbocycles. The largest absolute Gasteiger partial charge is 0.497 e. The van der Waals surface area contributed by atoms with Crippen molar-refractivity contribution in [1.82, 2.24) is 25.3 Å². The van der Waals surface area contributed by atoms with Crippen LogP contribution in [0, 0.1) is 5.41 Å². The monoisotopic (exact) mass is 530 g/mol. The maximum atomic E-state index is 13.3. The van der Waals surface area contributed by atoms with Crippen molar-refractivity contribution in [1.29, 1.82) is 5.41 Å². The highest BCUT2D eigenvalue weighted by Gasteiger charge is 2.53. The van der Waals surface area contributed by atoms with E-state index in [1.54, 1.807) is 24.3 Å². The normalized spacial score (nSPS) is 21.6. The van der Waals surface area contributed by atoms with Crippen molar-refractivity contribution in [2.75, 3.05) is 46.9 Å². The molecule has 0 bridgehead atoms. The number of methoxy groups -OCH3 is 1. The highest BCUT2D eigenvalue weighted by atomic mass is 16.5. The van der Waals surface area contributed by atoms with E-state index in [0.717, 1.165) is 43.7 Å². The molecule has 11 heteroatoms. The SMILES string of the molecule is COc1ccc2c(c1)C(=O)N(C[C@@]1(c3cc4cc(C(=N)N5CCCN(C)CC5)ccc4o3)NC(=O)NC1=O)C2. The molecule has 3 N–H and O–H groups in total. The van der Waals surface area contributed by atoms with E-state index in [4.69, 9.17) is 14.6 Å². The molecule has 6 rings (SSSR count). The second kappa shape index (κ2) is 9.42. The molecule has 0 unspecified atom stereocenters. The van der Waals surface area contributed by atoms with Crippen LogP contribution in [0.2, 0.25) is 0 Å². The number of amidine groups is 1. The molecule has 2 fully saturated rings. The van der Waals surface area contributed by atoms with Gasteiger partial charge in [-0.1, -0.05) is 6.07 Å². The van der Waals surface area contributed by atoms with Gasteiger partial charge in [0.15, 0.2) is 5.54 Å². The summed E-state index contributed by atoms with van der Waals surface area (Å²) in [5.74, 6) is 0.382. The second-order valence-electron chi connectivity index (χ2n) is 10.4. The van der Waals surface area contributed by atoms with Gasteiger partial charge in [0.1, 0.15) is 22.9 Å². The number of hydrogen-bond donors (Lipinski definition) is 3. The molecule has 39 heavy (non-hydrogen) atoms. The van der Waals surface area contributed by atoms with E-state index < -0.39 is 17.5 Å². The average Bonchev–Trinajstić information content (AvgIpc) is 3.52. The summed E-state index contributed by atoms with van der Waals surface area (Å²) in [6, 6.07) is 11.8. The van der Waals surface area contributed by atoms with E-state index in [1.165, 1.54) is 12.0 Å². The first kappa shape index (κ1) is 24.9. The van der Waals surface area contributed by atoms with E-state index in [9.17, 15) is 14.4 Å². The highest BCUT2D eigenvalue weighted by molar-refractivity contribution is 6.08. The maximum Gasteiger partial charge on any atom is 0.322 e. The molecule has 202 valence electrons. The summed E-state index contributed by atoms with van der Waals surface area (Å²) < 4.78 is 11.4. The van der Waals surface area contributed by atoms with E-state index in [-0.39, 0.29) is 24.8 Å². The first-order chi connectivity index (χ1) is 18.8. The first-order valence-corrected chi connectivity index (χ1v) is 12.9. The van der Waals surface area contributed by atoms with Gasteiger partial charge in [0, 0.05) is 42.7 Å². The van der Waals surface area contributed by atoms with Crippen molar-refractivity contribution >= 4 is 34.7 Å². The number of urea groups is 1. The molecule has 11 nitrogen and oxygen atoms in total. The van der Waals surface area contributed by atoms with Crippen molar-refractivity contribution < 1.29 is 23.5 Å². The van der Waals surface area contributed by atoms with Crippen molar-refractivity contribution in [3.63, 3.8) is 0 Å². The van der Waals surface area contributed by atoms with Crippen molar-refractivity contribution in [3.05, 3.63) is 64.9 Å². The Morgan fingerprint density at radius 2 is 1.92 bits per heavy atom. The predicted octanol–water partition coefficient (Wildman–Crippen LogP) is 2.09. The molecule has 0 saturated carbocycles. The fourth-order valence-electron chi connectivity index (χ4n) is 5.59. The van der Waals surface area contributed by atoms with Crippen LogP contribution in [0.25, 0.3) is 11.0 Å². The highest BCUT2D eigenvalue weighted by Crippen LogP contribution is 2.35. The smallest absolute Gasteiger partial charge is 0.322 e. The van der Waals surface area contributed by atoms with Crippen LogP contribution in [0.5, 0.6) is 5.75 Å². The first-order valence-electron chi connectivity index (χ1n) is 12.9. The summed E-state index contributed by atoms with van der Waals surface area (Å²) in [6.45, 7) is 3.66. The maximum absolute atomic E-state index is 13.3. The minimum Gasteiger partial charge on any atom is -0.497 e. The number of furan rings is 1. The number of nitrogens with one attached hydrogen (secondary N) is 3. The molecule has 1 atom stereocenters. The average molecular weight is 531 g/mol. The van der Waals surface area contributed by atoms with E-state index >= 15 is 0 Å². The Balaban J connectivity index is 1.31. The molecule has 0 spiro atoms. The fraction of sp³-hybridized carbons (Fsp3) is 0.357.